The first kappa shape index (κ1) is 26.3. The van der Waals surface area contributed by atoms with E-state index in [1.165, 1.54) is 16.2 Å². The first-order valence-electron chi connectivity index (χ1n) is 13.7. The molecule has 9 nitrogen and oxygen atoms in total. The number of nitrogens with one attached hydrogen (secondary N) is 1. The summed E-state index contributed by atoms with van der Waals surface area (Å²) in [6.45, 7) is 1.83. The van der Waals surface area contributed by atoms with Crippen LogP contribution in [0.25, 0.3) is 0 Å². The second-order valence-corrected chi connectivity index (χ2v) is 13.0. The molecule has 3 aromatic rings. The van der Waals surface area contributed by atoms with Crippen LogP contribution in [0, 0.1) is 29.6 Å². The third-order valence-electron chi connectivity index (χ3n) is 8.93. The van der Waals surface area contributed by atoms with E-state index < -0.39 is 5.97 Å². The Kier molecular flexibility index (Phi) is 6.46. The van der Waals surface area contributed by atoms with Crippen molar-refractivity contribution in [3.05, 3.63) is 68.6 Å². The van der Waals surface area contributed by atoms with Crippen LogP contribution in [0.4, 0.5) is 5.69 Å². The van der Waals surface area contributed by atoms with E-state index in [1.807, 2.05) is 18.2 Å². The average Bonchev–Trinajstić information content (AvgIpc) is 3.71. The fourth-order valence-corrected chi connectivity index (χ4v) is 10.4. The van der Waals surface area contributed by atoms with Crippen molar-refractivity contribution in [3.8, 4) is 11.5 Å². The van der Waals surface area contributed by atoms with Crippen LogP contribution in [0.2, 0.25) is 0 Å². The molecule has 2 bridgehead atoms. The van der Waals surface area contributed by atoms with Crippen molar-refractivity contribution in [2.45, 2.75) is 29.5 Å². The third kappa shape index (κ3) is 4.12. The highest BCUT2D eigenvalue weighted by molar-refractivity contribution is 8.00. The number of nitrogens with zero attached hydrogens (tertiary/aromatic N) is 1. The Morgan fingerprint density at radius 2 is 1.78 bits per heavy atom. The Morgan fingerprint density at radius 1 is 1.02 bits per heavy atom. The summed E-state index contributed by atoms with van der Waals surface area (Å²) in [4.78, 5) is 57.3. The number of ether oxygens (including phenoxy) is 3. The van der Waals surface area contributed by atoms with Crippen molar-refractivity contribution in [3.63, 3.8) is 0 Å². The van der Waals surface area contributed by atoms with Gasteiger partial charge in [-0.15, -0.1) is 11.8 Å². The number of anilines is 1. The summed E-state index contributed by atoms with van der Waals surface area (Å²) in [5, 5.41) is 0.928. The molecule has 2 aliphatic heterocycles. The van der Waals surface area contributed by atoms with Crippen molar-refractivity contribution in [2.75, 3.05) is 25.2 Å². The number of amides is 2. The number of benzene rings is 2. The molecule has 2 aliphatic carbocycles. The second kappa shape index (κ2) is 10.1. The minimum Gasteiger partial charge on any atom is -0.497 e. The minimum atomic E-state index is -0.442. The average molecular weight is 593 g/mol. The van der Waals surface area contributed by atoms with Crippen molar-refractivity contribution >= 4 is 46.6 Å². The Bertz CT molecular complexity index is 1600. The summed E-state index contributed by atoms with van der Waals surface area (Å²) >= 11 is 2.86. The van der Waals surface area contributed by atoms with Gasteiger partial charge in [0.15, 0.2) is 6.61 Å². The normalized spacial score (nSPS) is 29.2. The zero-order valence-corrected chi connectivity index (χ0v) is 24.0. The van der Waals surface area contributed by atoms with Gasteiger partial charge in [0.1, 0.15) is 11.5 Å². The van der Waals surface area contributed by atoms with Crippen LogP contribution in [-0.2, 0) is 19.1 Å². The van der Waals surface area contributed by atoms with Crippen LogP contribution in [0.1, 0.15) is 29.7 Å². The van der Waals surface area contributed by atoms with E-state index in [1.54, 1.807) is 56.1 Å². The maximum Gasteiger partial charge on any atom is 0.344 e. The minimum absolute atomic E-state index is 0.00153. The van der Waals surface area contributed by atoms with Gasteiger partial charge in [-0.05, 0) is 73.1 Å². The maximum atomic E-state index is 13.9. The lowest BCUT2D eigenvalue weighted by molar-refractivity contribution is -0.145. The molecule has 1 N–H and O–H groups in total. The summed E-state index contributed by atoms with van der Waals surface area (Å²) in [6, 6.07) is 14.6. The van der Waals surface area contributed by atoms with Crippen LogP contribution in [-0.4, -0.2) is 48.3 Å². The molecular formula is C30H28N2O7S2. The molecule has 7 rings (SSSR count). The fraction of sp³-hybridized carbons (Fsp3) is 0.400. The molecule has 11 heteroatoms. The quantitative estimate of drug-likeness (QED) is 0.323. The van der Waals surface area contributed by atoms with Gasteiger partial charge >= 0.3 is 10.8 Å². The number of rotatable bonds is 7. The maximum absolute atomic E-state index is 13.9. The molecule has 3 fully saturated rings. The van der Waals surface area contributed by atoms with Crippen molar-refractivity contribution in [1.82, 2.24) is 4.98 Å². The molecule has 2 amide bonds. The summed E-state index contributed by atoms with van der Waals surface area (Å²) < 4.78 is 16.0. The predicted octanol–water partition coefficient (Wildman–Crippen LogP) is 4.06. The first-order valence-corrected chi connectivity index (χ1v) is 15.4. The Balaban J connectivity index is 1.24. The van der Waals surface area contributed by atoms with Crippen LogP contribution in [0.5, 0.6) is 11.5 Å². The molecule has 0 radical (unpaired) electrons. The molecule has 4 aliphatic rings. The highest BCUT2D eigenvalue weighted by Crippen LogP contribution is 2.68. The number of imide groups is 1. The zero-order valence-electron chi connectivity index (χ0n) is 22.4. The standard InChI is InChI=1S/C30H28N2O7S2/c1-3-38-20(33)13-39-17-6-4-5-14(11-17)21-22-18-12-19(25(22)40-27-26(21)41-30(36)31-27)24-23(18)28(34)32(29(24)35)15-7-9-16(37-2)10-8-15/h4-11,18-19,21-25H,3,12-13H2,1-2H3,(H,31,36)/t18-,19-,21+,22-,23+,24+,25-/m1/s1. The molecule has 7 atom stereocenters. The van der Waals surface area contributed by atoms with Crippen molar-refractivity contribution in [1.29, 1.82) is 0 Å². The molecular weight excluding hydrogens is 564 g/mol. The monoisotopic (exact) mass is 592 g/mol. The van der Waals surface area contributed by atoms with Crippen molar-refractivity contribution in [2.24, 2.45) is 29.6 Å². The number of thiazole rings is 1. The number of hydrogen-bond donors (Lipinski definition) is 1. The van der Waals surface area contributed by atoms with E-state index >= 15 is 0 Å². The first-order chi connectivity index (χ1) is 19.9. The number of thioether (sulfide) groups is 1. The van der Waals surface area contributed by atoms with E-state index in [2.05, 4.69) is 4.98 Å². The van der Waals surface area contributed by atoms with Gasteiger partial charge in [-0.25, -0.2) is 4.79 Å². The Morgan fingerprint density at radius 3 is 2.51 bits per heavy atom. The number of hydrogen-bond acceptors (Lipinski definition) is 9. The molecule has 3 heterocycles. The molecule has 2 aromatic carbocycles. The number of aromatic nitrogens is 1. The smallest absolute Gasteiger partial charge is 0.344 e. The highest BCUT2D eigenvalue weighted by atomic mass is 32.2. The molecule has 212 valence electrons. The van der Waals surface area contributed by atoms with Gasteiger partial charge in [0, 0.05) is 16.0 Å². The van der Waals surface area contributed by atoms with E-state index in [0.717, 1.165) is 21.9 Å². The number of carbonyl (C=O) groups is 3. The largest absolute Gasteiger partial charge is 0.497 e. The summed E-state index contributed by atoms with van der Waals surface area (Å²) in [6.07, 6.45) is 0.806. The summed E-state index contributed by atoms with van der Waals surface area (Å²) in [5.74, 6) is -0.313. The van der Waals surface area contributed by atoms with Gasteiger partial charge in [-0.1, -0.05) is 23.5 Å². The van der Waals surface area contributed by atoms with Crippen LogP contribution < -0.4 is 19.2 Å². The zero-order chi connectivity index (χ0) is 28.4. The molecule has 0 unspecified atom stereocenters. The van der Waals surface area contributed by atoms with Crippen LogP contribution >= 0.6 is 23.1 Å². The molecule has 1 aromatic heterocycles. The van der Waals surface area contributed by atoms with Crippen LogP contribution in [0.3, 0.4) is 0 Å². The summed E-state index contributed by atoms with van der Waals surface area (Å²) in [7, 11) is 1.58. The van der Waals surface area contributed by atoms with Gasteiger partial charge in [0.25, 0.3) is 0 Å². The molecule has 1 saturated heterocycles. The lowest BCUT2D eigenvalue weighted by Crippen LogP contribution is -2.42. The SMILES string of the molecule is CCOC(=O)COc1cccc([C@@H]2c3sc(=O)[nH]c3S[C@@H]3[C@@H]4C[C@@H]([C@@H]5C(=O)N(c6ccc(OC)cc6)C(=O)[C@@H]45)[C@H]23)c1. The lowest BCUT2D eigenvalue weighted by atomic mass is 9.68. The molecule has 0 spiro atoms. The van der Waals surface area contributed by atoms with Gasteiger partial charge in [0.05, 0.1) is 36.3 Å². The van der Waals surface area contributed by atoms with Gasteiger partial charge in [-0.3, -0.25) is 19.3 Å². The van der Waals surface area contributed by atoms with Crippen molar-refractivity contribution < 1.29 is 28.6 Å². The van der Waals surface area contributed by atoms with Gasteiger partial charge < -0.3 is 19.2 Å². The highest BCUT2D eigenvalue weighted by Gasteiger charge is 2.69. The number of aromatic amines is 1. The number of H-pyrrole nitrogens is 1. The molecule has 2 saturated carbocycles. The number of esters is 1. The van der Waals surface area contributed by atoms with E-state index in [0.29, 0.717) is 17.2 Å². The van der Waals surface area contributed by atoms with E-state index in [9.17, 15) is 19.2 Å². The second-order valence-electron chi connectivity index (χ2n) is 10.8. The Hall–Kier alpha value is -3.57. The van der Waals surface area contributed by atoms with E-state index in [4.69, 9.17) is 14.2 Å². The van der Waals surface area contributed by atoms with Crippen LogP contribution in [0.15, 0.2) is 58.4 Å². The van der Waals surface area contributed by atoms with Gasteiger partial charge in [0.2, 0.25) is 11.8 Å². The van der Waals surface area contributed by atoms with E-state index in [-0.39, 0.29) is 70.7 Å². The predicted molar refractivity (Wildman–Crippen MR) is 153 cm³/mol. The Labute approximate surface area is 244 Å². The number of methoxy groups -OCH3 is 1. The third-order valence-corrected chi connectivity index (χ3v) is 11.5. The number of carbonyl (C=O) groups excluding carboxylic acids is 3. The number of fused-ring (bicyclic) bond motifs is 9. The van der Waals surface area contributed by atoms with Gasteiger partial charge in [-0.2, -0.15) is 0 Å². The lowest BCUT2D eigenvalue weighted by Gasteiger charge is -2.43. The fourth-order valence-electron chi connectivity index (χ4n) is 7.52. The topological polar surface area (TPSA) is 115 Å². The molecule has 41 heavy (non-hydrogen) atoms. The summed E-state index contributed by atoms with van der Waals surface area (Å²) in [5.41, 5.74) is 1.53.